The molecule has 18 heavy (non-hydrogen) atoms. The number of rotatable bonds is 5. The Morgan fingerprint density at radius 1 is 1.22 bits per heavy atom. The molecule has 0 saturated heterocycles. The first-order valence-corrected chi connectivity index (χ1v) is 7.43. The number of carboxylic acids is 1. The molecule has 0 bridgehead atoms. The fourth-order valence-corrected chi connectivity index (χ4v) is 3.31. The van der Waals surface area contributed by atoms with Crippen LogP contribution < -0.4 is 0 Å². The fraction of sp³-hybridized carbons (Fsp3) is 0.933. The van der Waals surface area contributed by atoms with Crippen molar-refractivity contribution >= 4 is 5.97 Å². The minimum atomic E-state index is -0.745. The third-order valence-electron chi connectivity index (χ3n) is 4.66. The van der Waals surface area contributed by atoms with E-state index in [9.17, 15) is 9.90 Å². The lowest BCUT2D eigenvalue weighted by molar-refractivity contribution is -0.151. The van der Waals surface area contributed by atoms with Crippen molar-refractivity contribution < 1.29 is 9.90 Å². The van der Waals surface area contributed by atoms with Crippen LogP contribution in [0.3, 0.4) is 0 Å². The van der Waals surface area contributed by atoms with E-state index in [-0.39, 0.29) is 0 Å². The average molecular weight is 255 g/mol. The summed E-state index contributed by atoms with van der Waals surface area (Å²) in [5.74, 6) is 0.141. The Hall–Kier alpha value is -0.570. The maximum absolute atomic E-state index is 11.4. The van der Waals surface area contributed by atoms with Crippen molar-refractivity contribution in [2.45, 2.75) is 77.8 Å². The molecule has 1 N–H and O–H groups in total. The summed E-state index contributed by atoms with van der Waals surface area (Å²) in [4.78, 5) is 13.6. The zero-order valence-corrected chi connectivity index (χ0v) is 12.4. The highest BCUT2D eigenvalue weighted by molar-refractivity contribution is 5.77. The Balaban J connectivity index is 2.74. The topological polar surface area (TPSA) is 40.5 Å². The molecule has 3 nitrogen and oxygen atoms in total. The second-order valence-electron chi connectivity index (χ2n) is 6.09. The van der Waals surface area contributed by atoms with Crippen molar-refractivity contribution in [2.75, 3.05) is 6.54 Å². The van der Waals surface area contributed by atoms with Crippen LogP contribution in [0.15, 0.2) is 0 Å². The van der Waals surface area contributed by atoms with Crippen LogP contribution in [0.1, 0.15) is 66.2 Å². The van der Waals surface area contributed by atoms with Crippen LogP contribution in [0, 0.1) is 5.92 Å². The molecule has 1 rings (SSSR count). The molecule has 0 amide bonds. The minimum Gasteiger partial charge on any atom is -0.480 e. The van der Waals surface area contributed by atoms with E-state index in [0.717, 1.165) is 25.3 Å². The molecule has 0 aromatic heterocycles. The van der Waals surface area contributed by atoms with Gasteiger partial charge in [0, 0.05) is 6.04 Å². The molecule has 0 spiro atoms. The number of carboxylic acid groups (broad SMARTS) is 1. The van der Waals surface area contributed by atoms with Crippen LogP contribution in [0.5, 0.6) is 0 Å². The molecule has 3 heteroatoms. The third-order valence-corrected chi connectivity index (χ3v) is 4.66. The maximum Gasteiger partial charge on any atom is 0.323 e. The Labute approximate surface area is 112 Å². The molecule has 0 aromatic rings. The molecule has 2 unspecified atom stereocenters. The van der Waals surface area contributed by atoms with E-state index < -0.39 is 11.5 Å². The van der Waals surface area contributed by atoms with Gasteiger partial charge in [0.2, 0.25) is 0 Å². The van der Waals surface area contributed by atoms with Crippen LogP contribution in [-0.2, 0) is 4.79 Å². The van der Waals surface area contributed by atoms with Gasteiger partial charge in [-0.2, -0.15) is 0 Å². The SMILES string of the molecule is CCC1CCCC(N(CC)C(C)(C)C(=O)O)CC1. The molecule has 1 aliphatic carbocycles. The van der Waals surface area contributed by atoms with E-state index in [0.29, 0.717) is 6.04 Å². The summed E-state index contributed by atoms with van der Waals surface area (Å²) in [5.41, 5.74) is -0.745. The van der Waals surface area contributed by atoms with Crippen LogP contribution >= 0.6 is 0 Å². The zero-order chi connectivity index (χ0) is 13.8. The highest BCUT2D eigenvalue weighted by Crippen LogP contribution is 2.31. The first kappa shape index (κ1) is 15.5. The van der Waals surface area contributed by atoms with E-state index in [1.165, 1.54) is 25.7 Å². The van der Waals surface area contributed by atoms with E-state index in [4.69, 9.17) is 0 Å². The summed E-state index contributed by atoms with van der Waals surface area (Å²) in [6.45, 7) is 8.83. The molecule has 0 aromatic carbocycles. The molecule has 0 radical (unpaired) electrons. The molecule has 0 heterocycles. The summed E-state index contributed by atoms with van der Waals surface area (Å²) in [6, 6.07) is 0.442. The van der Waals surface area contributed by atoms with Crippen molar-refractivity contribution in [3.05, 3.63) is 0 Å². The Kier molecular flexibility index (Phi) is 5.64. The number of carbonyl (C=O) groups is 1. The van der Waals surface area contributed by atoms with Crippen LogP contribution in [-0.4, -0.2) is 34.1 Å². The number of aliphatic carboxylic acids is 1. The van der Waals surface area contributed by atoms with Crippen molar-refractivity contribution in [3.63, 3.8) is 0 Å². The number of likely N-dealkylation sites (N-methyl/N-ethyl adjacent to an activating group) is 1. The van der Waals surface area contributed by atoms with Crippen molar-refractivity contribution in [1.82, 2.24) is 4.90 Å². The van der Waals surface area contributed by atoms with E-state index >= 15 is 0 Å². The summed E-state index contributed by atoms with van der Waals surface area (Å²) in [6.07, 6.45) is 7.39. The molecular formula is C15H29NO2. The highest BCUT2D eigenvalue weighted by atomic mass is 16.4. The van der Waals surface area contributed by atoms with Gasteiger partial charge >= 0.3 is 5.97 Å². The summed E-state index contributed by atoms with van der Waals surface area (Å²) in [5, 5.41) is 9.40. The minimum absolute atomic E-state index is 0.442. The Morgan fingerprint density at radius 2 is 1.89 bits per heavy atom. The van der Waals surface area contributed by atoms with Gasteiger partial charge in [-0.3, -0.25) is 9.69 Å². The first-order valence-electron chi connectivity index (χ1n) is 7.43. The van der Waals surface area contributed by atoms with E-state index in [2.05, 4.69) is 18.7 Å². The third kappa shape index (κ3) is 3.47. The fourth-order valence-electron chi connectivity index (χ4n) is 3.31. The number of hydrogen-bond donors (Lipinski definition) is 1. The molecule has 0 aliphatic heterocycles. The summed E-state index contributed by atoms with van der Waals surface area (Å²) in [7, 11) is 0. The van der Waals surface area contributed by atoms with Crippen molar-refractivity contribution in [3.8, 4) is 0 Å². The van der Waals surface area contributed by atoms with Gasteiger partial charge in [0.05, 0.1) is 0 Å². The van der Waals surface area contributed by atoms with Crippen LogP contribution in [0.25, 0.3) is 0 Å². The molecule has 1 aliphatic rings. The Bertz CT molecular complexity index is 276. The highest BCUT2D eigenvalue weighted by Gasteiger charge is 2.38. The molecule has 106 valence electrons. The lowest BCUT2D eigenvalue weighted by Gasteiger charge is -2.40. The number of nitrogens with zero attached hydrogens (tertiary/aromatic N) is 1. The standard InChI is InChI=1S/C15H29NO2/c1-5-12-8-7-9-13(11-10-12)16(6-2)15(3,4)14(17)18/h12-13H,5-11H2,1-4H3,(H,17,18). The lowest BCUT2D eigenvalue weighted by atomic mass is 9.95. The quantitative estimate of drug-likeness (QED) is 0.764. The molecule has 1 fully saturated rings. The van der Waals surface area contributed by atoms with Crippen LogP contribution in [0.4, 0.5) is 0 Å². The predicted molar refractivity (Wildman–Crippen MR) is 74.7 cm³/mol. The van der Waals surface area contributed by atoms with E-state index in [1.54, 1.807) is 0 Å². The lowest BCUT2D eigenvalue weighted by Crippen LogP contribution is -2.54. The average Bonchev–Trinajstić information content (AvgIpc) is 2.55. The first-order chi connectivity index (χ1) is 8.43. The normalized spacial score (nSPS) is 26.1. The van der Waals surface area contributed by atoms with Crippen LogP contribution in [0.2, 0.25) is 0 Å². The van der Waals surface area contributed by atoms with E-state index in [1.807, 2.05) is 13.8 Å². The van der Waals surface area contributed by atoms with Gasteiger partial charge in [-0.15, -0.1) is 0 Å². The predicted octanol–water partition coefficient (Wildman–Crippen LogP) is 3.53. The van der Waals surface area contributed by atoms with Gasteiger partial charge in [0.25, 0.3) is 0 Å². The monoisotopic (exact) mass is 255 g/mol. The molecule has 2 atom stereocenters. The van der Waals surface area contributed by atoms with Gasteiger partial charge < -0.3 is 5.11 Å². The van der Waals surface area contributed by atoms with Gasteiger partial charge in [0.1, 0.15) is 5.54 Å². The molecular weight excluding hydrogens is 226 g/mol. The van der Waals surface area contributed by atoms with Gasteiger partial charge in [0.15, 0.2) is 0 Å². The second kappa shape index (κ2) is 6.55. The Morgan fingerprint density at radius 3 is 2.39 bits per heavy atom. The van der Waals surface area contributed by atoms with Gasteiger partial charge in [-0.05, 0) is 45.6 Å². The van der Waals surface area contributed by atoms with Crippen molar-refractivity contribution in [1.29, 1.82) is 0 Å². The van der Waals surface area contributed by atoms with Gasteiger partial charge in [-0.1, -0.05) is 33.1 Å². The zero-order valence-electron chi connectivity index (χ0n) is 12.4. The second-order valence-corrected chi connectivity index (χ2v) is 6.09. The summed E-state index contributed by atoms with van der Waals surface area (Å²) < 4.78 is 0. The number of hydrogen-bond acceptors (Lipinski definition) is 2. The van der Waals surface area contributed by atoms with Gasteiger partial charge in [-0.25, -0.2) is 0 Å². The largest absolute Gasteiger partial charge is 0.480 e. The molecule has 1 saturated carbocycles. The summed E-state index contributed by atoms with van der Waals surface area (Å²) >= 11 is 0. The van der Waals surface area contributed by atoms with Crippen molar-refractivity contribution in [2.24, 2.45) is 5.92 Å². The maximum atomic E-state index is 11.4. The smallest absolute Gasteiger partial charge is 0.323 e.